The topological polar surface area (TPSA) is 91.1 Å². The van der Waals surface area contributed by atoms with Crippen molar-refractivity contribution in [2.75, 3.05) is 6.54 Å². The molecule has 2 aromatic heterocycles. The van der Waals surface area contributed by atoms with Gasteiger partial charge in [-0.25, -0.2) is 9.78 Å². The number of carbonyl (C=O) groups excluding carboxylic acids is 1. The molecule has 1 aromatic carbocycles. The van der Waals surface area contributed by atoms with Crippen LogP contribution in [0.15, 0.2) is 41.2 Å². The fourth-order valence-electron chi connectivity index (χ4n) is 3.13. The molecule has 3 aromatic rings. The molecule has 1 aliphatic rings. The lowest BCUT2D eigenvalue weighted by Crippen LogP contribution is -2.43. The highest BCUT2D eigenvalue weighted by atomic mass is 16.5. The molecule has 128 valence electrons. The Morgan fingerprint density at radius 2 is 2.00 bits per heavy atom. The maximum absolute atomic E-state index is 13.0. The fraction of sp³-hybridized carbons (Fsp3) is 0.278. The third-order valence-corrected chi connectivity index (χ3v) is 4.17. The van der Waals surface area contributed by atoms with E-state index in [1.54, 1.807) is 17.0 Å². The van der Waals surface area contributed by atoms with E-state index in [1.165, 1.54) is 0 Å². The van der Waals surface area contributed by atoms with Gasteiger partial charge in [-0.1, -0.05) is 18.2 Å². The van der Waals surface area contributed by atoms with Crippen LogP contribution in [0.1, 0.15) is 29.9 Å². The number of pyridine rings is 1. The van der Waals surface area contributed by atoms with Gasteiger partial charge in [-0.2, -0.15) is 0 Å². The lowest BCUT2D eigenvalue weighted by Gasteiger charge is -2.29. The van der Waals surface area contributed by atoms with E-state index in [9.17, 15) is 9.59 Å². The minimum atomic E-state index is -0.519. The van der Waals surface area contributed by atoms with Crippen LogP contribution in [0, 0.1) is 0 Å². The summed E-state index contributed by atoms with van der Waals surface area (Å²) in [7, 11) is 0. The number of carbonyl (C=O) groups is 1. The minimum Gasteiger partial charge on any atom is -0.486 e. The van der Waals surface area contributed by atoms with Crippen LogP contribution in [0.3, 0.4) is 0 Å². The minimum absolute atomic E-state index is 0.197. The molecule has 25 heavy (non-hydrogen) atoms. The van der Waals surface area contributed by atoms with Crippen molar-refractivity contribution in [2.24, 2.45) is 0 Å². The largest absolute Gasteiger partial charge is 0.486 e. The van der Waals surface area contributed by atoms with Gasteiger partial charge in [0.25, 0.3) is 5.91 Å². The molecule has 0 atom stereocenters. The summed E-state index contributed by atoms with van der Waals surface area (Å²) in [6.07, 6.45) is 0. The fourth-order valence-corrected chi connectivity index (χ4v) is 3.13. The summed E-state index contributed by atoms with van der Waals surface area (Å²) in [4.78, 5) is 35.6. The molecule has 0 saturated carbocycles. The van der Waals surface area contributed by atoms with Crippen LogP contribution < -0.4 is 10.4 Å². The van der Waals surface area contributed by atoms with Crippen LogP contribution in [0.5, 0.6) is 5.75 Å². The SMILES string of the molecule is CC1(C)CN(C(=O)c2ccc3[nH]c(=O)[nH]c3n2)Cc2ccccc2O1. The van der Waals surface area contributed by atoms with E-state index in [1.807, 2.05) is 38.1 Å². The van der Waals surface area contributed by atoms with Gasteiger partial charge in [0.15, 0.2) is 5.65 Å². The van der Waals surface area contributed by atoms with E-state index in [4.69, 9.17) is 4.74 Å². The Kier molecular flexibility index (Phi) is 3.38. The third-order valence-electron chi connectivity index (χ3n) is 4.17. The van der Waals surface area contributed by atoms with Crippen molar-refractivity contribution >= 4 is 17.1 Å². The number of aromatic amines is 2. The maximum Gasteiger partial charge on any atom is 0.325 e. The van der Waals surface area contributed by atoms with Crippen molar-refractivity contribution < 1.29 is 9.53 Å². The van der Waals surface area contributed by atoms with Gasteiger partial charge in [0.1, 0.15) is 17.0 Å². The summed E-state index contributed by atoms with van der Waals surface area (Å²) in [6.45, 7) is 4.79. The number of para-hydroxylation sites is 1. The number of hydrogen-bond donors (Lipinski definition) is 2. The number of H-pyrrole nitrogens is 2. The molecule has 0 aliphatic carbocycles. The van der Waals surface area contributed by atoms with Crippen LogP contribution in [0.4, 0.5) is 0 Å². The first-order chi connectivity index (χ1) is 11.9. The molecule has 2 N–H and O–H groups in total. The third kappa shape index (κ3) is 2.88. The van der Waals surface area contributed by atoms with Gasteiger partial charge >= 0.3 is 5.69 Å². The quantitative estimate of drug-likeness (QED) is 0.710. The van der Waals surface area contributed by atoms with Gasteiger partial charge in [0.2, 0.25) is 0 Å². The zero-order valence-electron chi connectivity index (χ0n) is 14.0. The summed E-state index contributed by atoms with van der Waals surface area (Å²) in [5.74, 6) is 0.596. The first-order valence-corrected chi connectivity index (χ1v) is 8.06. The van der Waals surface area contributed by atoms with E-state index in [-0.39, 0.29) is 17.3 Å². The van der Waals surface area contributed by atoms with Gasteiger partial charge in [-0.3, -0.25) is 9.78 Å². The Morgan fingerprint density at radius 3 is 2.84 bits per heavy atom. The normalized spacial score (nSPS) is 16.2. The van der Waals surface area contributed by atoms with Gasteiger partial charge in [-0.05, 0) is 32.0 Å². The average Bonchev–Trinajstić information content (AvgIpc) is 2.86. The number of imidazole rings is 1. The molecule has 1 amide bonds. The first-order valence-electron chi connectivity index (χ1n) is 8.06. The Morgan fingerprint density at radius 1 is 1.20 bits per heavy atom. The Balaban J connectivity index is 1.71. The molecule has 0 unspecified atom stereocenters. The summed E-state index contributed by atoms with van der Waals surface area (Å²) < 4.78 is 6.07. The second-order valence-corrected chi connectivity index (χ2v) is 6.80. The van der Waals surface area contributed by atoms with E-state index in [2.05, 4.69) is 15.0 Å². The zero-order chi connectivity index (χ0) is 17.6. The Labute approximate surface area is 143 Å². The molecule has 0 fully saturated rings. The Hall–Kier alpha value is -3.09. The number of nitrogens with zero attached hydrogens (tertiary/aromatic N) is 2. The zero-order valence-corrected chi connectivity index (χ0v) is 14.0. The van der Waals surface area contributed by atoms with E-state index < -0.39 is 5.60 Å². The van der Waals surface area contributed by atoms with Crippen LogP contribution in [-0.4, -0.2) is 37.9 Å². The highest BCUT2D eigenvalue weighted by Crippen LogP contribution is 2.29. The van der Waals surface area contributed by atoms with Crippen LogP contribution in [-0.2, 0) is 6.54 Å². The number of rotatable bonds is 1. The van der Waals surface area contributed by atoms with Crippen molar-refractivity contribution in [2.45, 2.75) is 26.0 Å². The summed E-state index contributed by atoms with van der Waals surface area (Å²) in [6, 6.07) is 11.0. The molecular weight excluding hydrogens is 320 g/mol. The molecule has 3 heterocycles. The number of benzene rings is 1. The maximum atomic E-state index is 13.0. The van der Waals surface area contributed by atoms with Crippen LogP contribution >= 0.6 is 0 Å². The average molecular weight is 338 g/mol. The van der Waals surface area contributed by atoms with Crippen molar-refractivity contribution in [1.29, 1.82) is 0 Å². The molecule has 7 nitrogen and oxygen atoms in total. The van der Waals surface area contributed by atoms with Gasteiger partial charge in [0, 0.05) is 12.1 Å². The number of aromatic nitrogens is 3. The molecule has 0 spiro atoms. The molecular formula is C18H18N4O3. The molecule has 0 bridgehead atoms. The predicted molar refractivity (Wildman–Crippen MR) is 92.6 cm³/mol. The van der Waals surface area contributed by atoms with E-state index in [0.717, 1.165) is 11.3 Å². The monoisotopic (exact) mass is 338 g/mol. The highest BCUT2D eigenvalue weighted by Gasteiger charge is 2.32. The Bertz CT molecular complexity index is 1020. The van der Waals surface area contributed by atoms with Crippen LogP contribution in [0.25, 0.3) is 11.2 Å². The highest BCUT2D eigenvalue weighted by molar-refractivity contribution is 5.94. The van der Waals surface area contributed by atoms with E-state index in [0.29, 0.717) is 24.3 Å². The second-order valence-electron chi connectivity index (χ2n) is 6.80. The molecule has 4 rings (SSSR count). The van der Waals surface area contributed by atoms with Crippen molar-refractivity contribution in [1.82, 2.24) is 19.9 Å². The molecule has 1 aliphatic heterocycles. The number of ether oxygens (including phenoxy) is 1. The number of fused-ring (bicyclic) bond motifs is 2. The second kappa shape index (κ2) is 5.47. The first kappa shape index (κ1) is 15.4. The predicted octanol–water partition coefficient (Wildman–Crippen LogP) is 2.06. The van der Waals surface area contributed by atoms with Gasteiger partial charge < -0.3 is 14.6 Å². The lowest BCUT2D eigenvalue weighted by atomic mass is 10.1. The molecule has 7 heteroatoms. The number of hydrogen-bond acceptors (Lipinski definition) is 4. The summed E-state index contributed by atoms with van der Waals surface area (Å²) in [5.41, 5.74) is 1.34. The number of nitrogens with one attached hydrogen (secondary N) is 2. The van der Waals surface area contributed by atoms with Crippen molar-refractivity contribution in [3.8, 4) is 5.75 Å². The summed E-state index contributed by atoms with van der Waals surface area (Å²) >= 11 is 0. The van der Waals surface area contributed by atoms with Crippen LogP contribution in [0.2, 0.25) is 0 Å². The standard InChI is InChI=1S/C18H18N4O3/c1-18(2)10-22(9-11-5-3-4-6-14(11)25-18)16(23)13-8-7-12-15(19-13)21-17(24)20-12/h3-8H,9-10H2,1-2H3,(H2,19,20,21,24). The lowest BCUT2D eigenvalue weighted by molar-refractivity contribution is 0.0496. The van der Waals surface area contributed by atoms with Crippen molar-refractivity contribution in [3.05, 3.63) is 58.1 Å². The van der Waals surface area contributed by atoms with Gasteiger partial charge in [-0.15, -0.1) is 0 Å². The number of amides is 1. The molecule has 0 radical (unpaired) electrons. The summed E-state index contributed by atoms with van der Waals surface area (Å²) in [5, 5.41) is 0. The smallest absolute Gasteiger partial charge is 0.325 e. The molecule has 0 saturated heterocycles. The van der Waals surface area contributed by atoms with Crippen molar-refractivity contribution in [3.63, 3.8) is 0 Å². The van der Waals surface area contributed by atoms with E-state index >= 15 is 0 Å². The van der Waals surface area contributed by atoms with Gasteiger partial charge in [0.05, 0.1) is 12.1 Å².